The fraction of sp³-hybridized carbons (Fsp3) is 0.355. The van der Waals surface area contributed by atoms with Crippen molar-refractivity contribution in [2.24, 2.45) is 0 Å². The number of nitrogens with one attached hydrogen (secondary N) is 1. The maximum Gasteiger partial charge on any atom is 0.416 e. The normalized spacial score (nSPS) is 16.7. The lowest BCUT2D eigenvalue weighted by molar-refractivity contribution is -0.143. The van der Waals surface area contributed by atoms with E-state index in [1.54, 1.807) is 6.20 Å². The van der Waals surface area contributed by atoms with Crippen LogP contribution >= 0.6 is 0 Å². The lowest BCUT2D eigenvalue weighted by atomic mass is 9.98. The lowest BCUT2D eigenvalue weighted by Gasteiger charge is -2.42. The van der Waals surface area contributed by atoms with Gasteiger partial charge in [0.05, 0.1) is 11.1 Å². The van der Waals surface area contributed by atoms with Crippen LogP contribution in [0.2, 0.25) is 0 Å². The third-order valence-corrected chi connectivity index (χ3v) is 7.80. The Morgan fingerprint density at radius 2 is 1.69 bits per heavy atom. The Hall–Kier alpha value is -3.86. The summed E-state index contributed by atoms with van der Waals surface area (Å²) < 4.78 is 81.2. The van der Waals surface area contributed by atoms with E-state index in [2.05, 4.69) is 14.9 Å². The number of pyridine rings is 1. The largest absolute Gasteiger partial charge is 0.416 e. The Morgan fingerprint density at radius 3 is 2.38 bits per heavy atom. The number of aryl methyl sites for hydroxylation is 2. The van der Waals surface area contributed by atoms with Gasteiger partial charge in [-0.1, -0.05) is 24.3 Å². The fourth-order valence-corrected chi connectivity index (χ4v) is 5.61. The molecule has 1 aliphatic heterocycles. The summed E-state index contributed by atoms with van der Waals surface area (Å²) in [6.45, 7) is 3.76. The maximum atomic E-state index is 13.7. The molecule has 0 radical (unpaired) electrons. The number of benzene rings is 2. The van der Waals surface area contributed by atoms with Gasteiger partial charge in [0.2, 0.25) is 0 Å². The zero-order valence-corrected chi connectivity index (χ0v) is 22.9. The molecule has 0 unspecified atom stereocenters. The van der Waals surface area contributed by atoms with E-state index in [4.69, 9.17) is 0 Å². The number of piperazine rings is 1. The number of nitrogens with zero attached hydrogens (tertiary/aromatic N) is 3. The number of aromatic nitrogens is 2. The smallest absolute Gasteiger partial charge is 0.361 e. The minimum atomic E-state index is -5.04. The van der Waals surface area contributed by atoms with Gasteiger partial charge in [0.25, 0.3) is 5.91 Å². The second kappa shape index (κ2) is 11.8. The third-order valence-electron chi connectivity index (χ3n) is 7.80. The molecule has 1 amide bonds. The Kier molecular flexibility index (Phi) is 8.32. The molecule has 3 heterocycles. The van der Waals surface area contributed by atoms with Crippen LogP contribution in [0.15, 0.2) is 67.0 Å². The van der Waals surface area contributed by atoms with E-state index >= 15 is 0 Å². The molecular formula is C31H30F6N4O. The number of hydrogen-bond acceptors (Lipinski definition) is 3. The topological polar surface area (TPSA) is 52.2 Å². The van der Waals surface area contributed by atoms with Crippen LogP contribution in [0.1, 0.15) is 44.7 Å². The molecule has 1 atom stereocenters. The van der Waals surface area contributed by atoms with Gasteiger partial charge < -0.3 is 9.88 Å². The highest BCUT2D eigenvalue weighted by Crippen LogP contribution is 2.37. The van der Waals surface area contributed by atoms with Gasteiger partial charge in [-0.2, -0.15) is 26.3 Å². The second-order valence-electron chi connectivity index (χ2n) is 10.7. The van der Waals surface area contributed by atoms with Crippen LogP contribution in [0.5, 0.6) is 0 Å². The van der Waals surface area contributed by atoms with Gasteiger partial charge in [0.1, 0.15) is 0 Å². The van der Waals surface area contributed by atoms with E-state index in [1.807, 2.05) is 49.5 Å². The molecule has 1 fully saturated rings. The Balaban J connectivity index is 1.41. The standard InChI is InChI=1S/C31H30F6N4O/c1-20-6-4-10-38-27(20)9-5-11-40-12-13-41(25(19-40)16-22-18-39-28-8-3-2-7-26(22)28)29(42)21-14-23(30(32,33)34)17-24(15-21)31(35,36)37/h2-4,6-8,10,14-15,17-18,25,39H,5,9,11-13,16,19H2,1H3/t25-/m1/s1. The Bertz CT molecular complexity index is 1530. The first-order chi connectivity index (χ1) is 19.9. The monoisotopic (exact) mass is 588 g/mol. The van der Waals surface area contributed by atoms with Crippen molar-refractivity contribution in [1.82, 2.24) is 19.8 Å². The molecule has 0 spiro atoms. The molecule has 2 aromatic heterocycles. The number of H-pyrrole nitrogens is 1. The van der Waals surface area contributed by atoms with Crippen LogP contribution in [-0.4, -0.2) is 57.9 Å². The zero-order valence-electron chi connectivity index (χ0n) is 22.9. The summed E-state index contributed by atoms with van der Waals surface area (Å²) in [5.74, 6) is -0.847. The minimum absolute atomic E-state index is 0.0431. The van der Waals surface area contributed by atoms with Gasteiger partial charge in [-0.25, -0.2) is 0 Å². The molecular weight excluding hydrogens is 558 g/mol. The SMILES string of the molecule is Cc1cccnc1CCCN1CCN(C(=O)c2cc(C(F)(F)F)cc(C(F)(F)F)c2)[C@H](Cc2c[nH]c3ccccc23)C1. The van der Waals surface area contributed by atoms with Crippen molar-refractivity contribution in [1.29, 1.82) is 0 Å². The first-order valence-electron chi connectivity index (χ1n) is 13.7. The molecule has 0 bridgehead atoms. The van der Waals surface area contributed by atoms with Gasteiger partial charge in [-0.3, -0.25) is 14.7 Å². The van der Waals surface area contributed by atoms with Crippen molar-refractivity contribution >= 4 is 16.8 Å². The summed E-state index contributed by atoms with van der Waals surface area (Å²) in [7, 11) is 0. The van der Waals surface area contributed by atoms with E-state index < -0.39 is 41.0 Å². The average molecular weight is 589 g/mol. The summed E-state index contributed by atoms with van der Waals surface area (Å²) in [6.07, 6.45) is -4.52. The number of para-hydroxylation sites is 1. The molecule has 4 aromatic rings. The van der Waals surface area contributed by atoms with Crippen LogP contribution < -0.4 is 0 Å². The van der Waals surface area contributed by atoms with Gasteiger partial charge in [0, 0.05) is 60.2 Å². The predicted octanol–water partition coefficient (Wildman–Crippen LogP) is 6.91. The fourth-order valence-electron chi connectivity index (χ4n) is 5.61. The molecule has 1 N–H and O–H groups in total. The number of alkyl halides is 6. The quantitative estimate of drug-likeness (QED) is 0.239. The molecule has 11 heteroatoms. The highest BCUT2D eigenvalue weighted by molar-refractivity contribution is 5.95. The van der Waals surface area contributed by atoms with Gasteiger partial charge >= 0.3 is 12.4 Å². The first kappa shape index (κ1) is 29.6. The lowest BCUT2D eigenvalue weighted by Crippen LogP contribution is -2.56. The number of carbonyl (C=O) groups excluding carboxylic acids is 1. The molecule has 0 aliphatic carbocycles. The van der Waals surface area contributed by atoms with Crippen LogP contribution in [-0.2, 0) is 25.2 Å². The van der Waals surface area contributed by atoms with Crippen LogP contribution in [0.4, 0.5) is 26.3 Å². The number of halogens is 6. The van der Waals surface area contributed by atoms with E-state index in [1.165, 1.54) is 4.90 Å². The molecule has 2 aromatic carbocycles. The van der Waals surface area contributed by atoms with Crippen LogP contribution in [0.25, 0.3) is 10.9 Å². The first-order valence-corrected chi connectivity index (χ1v) is 13.7. The average Bonchev–Trinajstić information content (AvgIpc) is 3.35. The maximum absolute atomic E-state index is 13.7. The minimum Gasteiger partial charge on any atom is -0.361 e. The molecule has 42 heavy (non-hydrogen) atoms. The van der Waals surface area contributed by atoms with Crippen molar-refractivity contribution in [2.75, 3.05) is 26.2 Å². The predicted molar refractivity (Wildman–Crippen MR) is 147 cm³/mol. The number of fused-ring (bicyclic) bond motifs is 1. The molecule has 0 saturated carbocycles. The highest BCUT2D eigenvalue weighted by Gasteiger charge is 2.39. The number of hydrogen-bond donors (Lipinski definition) is 1. The number of carbonyl (C=O) groups is 1. The third kappa shape index (κ3) is 6.61. The number of rotatable bonds is 7. The summed E-state index contributed by atoms with van der Waals surface area (Å²) in [5, 5.41) is 0.950. The van der Waals surface area contributed by atoms with Crippen LogP contribution in [0, 0.1) is 6.92 Å². The van der Waals surface area contributed by atoms with Crippen molar-refractivity contribution in [3.8, 4) is 0 Å². The summed E-state index contributed by atoms with van der Waals surface area (Å²) in [6, 6.07) is 12.1. The van der Waals surface area contributed by atoms with Gasteiger partial charge in [-0.05, 0) is 74.2 Å². The summed E-state index contributed by atoms with van der Waals surface area (Å²) >= 11 is 0. The van der Waals surface area contributed by atoms with E-state index in [0.717, 1.165) is 40.6 Å². The second-order valence-corrected chi connectivity index (χ2v) is 10.7. The highest BCUT2D eigenvalue weighted by atomic mass is 19.4. The summed E-state index contributed by atoms with van der Waals surface area (Å²) in [4.78, 5) is 24.9. The number of amides is 1. The van der Waals surface area contributed by atoms with Crippen molar-refractivity contribution in [2.45, 2.75) is 44.6 Å². The zero-order chi connectivity index (χ0) is 30.1. The molecule has 5 nitrogen and oxygen atoms in total. The van der Waals surface area contributed by atoms with Crippen molar-refractivity contribution in [3.05, 3.63) is 101 Å². The molecule has 1 saturated heterocycles. The summed E-state index contributed by atoms with van der Waals surface area (Å²) in [5.41, 5.74) is 0.293. The van der Waals surface area contributed by atoms with Crippen molar-refractivity contribution < 1.29 is 31.1 Å². The molecule has 1 aliphatic rings. The van der Waals surface area contributed by atoms with E-state index in [0.29, 0.717) is 38.2 Å². The van der Waals surface area contributed by atoms with Gasteiger partial charge in [-0.15, -0.1) is 0 Å². The van der Waals surface area contributed by atoms with Gasteiger partial charge in [0.15, 0.2) is 0 Å². The number of aromatic amines is 1. The van der Waals surface area contributed by atoms with Crippen molar-refractivity contribution in [3.63, 3.8) is 0 Å². The van der Waals surface area contributed by atoms with E-state index in [-0.39, 0.29) is 12.6 Å². The Labute approximate surface area is 239 Å². The Morgan fingerprint density at radius 1 is 0.976 bits per heavy atom. The van der Waals surface area contributed by atoms with Crippen LogP contribution in [0.3, 0.4) is 0 Å². The molecule has 5 rings (SSSR count). The van der Waals surface area contributed by atoms with E-state index in [9.17, 15) is 31.1 Å². The molecule has 222 valence electrons.